The number of nitrogens with zero attached hydrogens (tertiary/aromatic N) is 1. The van der Waals surface area contributed by atoms with Crippen LogP contribution >= 0.6 is 0 Å². The van der Waals surface area contributed by atoms with E-state index in [1.165, 1.54) is 0 Å². The van der Waals surface area contributed by atoms with E-state index in [2.05, 4.69) is 0 Å². The first-order valence-electron chi connectivity index (χ1n) is 4.34. The summed E-state index contributed by atoms with van der Waals surface area (Å²) in [4.78, 5) is 12.9. The van der Waals surface area contributed by atoms with Crippen LogP contribution in [-0.4, -0.2) is 23.6 Å². The molecule has 0 spiro atoms. The van der Waals surface area contributed by atoms with Crippen molar-refractivity contribution in [3.05, 3.63) is 12.3 Å². The summed E-state index contributed by atoms with van der Waals surface area (Å²) in [6.45, 7) is 4.49. The second-order valence-corrected chi connectivity index (χ2v) is 3.15. The number of carbonyl (C=O) groups excluding carboxylic acids is 1. The van der Waals surface area contributed by atoms with Gasteiger partial charge in [-0.3, -0.25) is 4.90 Å². The van der Waals surface area contributed by atoms with Crippen LogP contribution in [0.2, 0.25) is 0 Å². The summed E-state index contributed by atoms with van der Waals surface area (Å²) in [7, 11) is 0. The number of amides is 1. The van der Waals surface area contributed by atoms with Gasteiger partial charge in [0, 0.05) is 12.7 Å². The van der Waals surface area contributed by atoms with E-state index in [9.17, 15) is 4.79 Å². The Morgan fingerprint density at radius 1 is 1.58 bits per heavy atom. The molecular formula is C9H15NO2. The summed E-state index contributed by atoms with van der Waals surface area (Å²) in [5.74, 6) is 0. The van der Waals surface area contributed by atoms with Crippen LogP contribution in [0.25, 0.3) is 0 Å². The van der Waals surface area contributed by atoms with E-state index in [1.807, 2.05) is 19.9 Å². The highest BCUT2D eigenvalue weighted by Crippen LogP contribution is 2.07. The molecule has 0 aromatic carbocycles. The molecule has 1 rings (SSSR count). The van der Waals surface area contributed by atoms with Gasteiger partial charge in [-0.15, -0.1) is 0 Å². The number of allylic oxidation sites excluding steroid dienone is 1. The summed E-state index contributed by atoms with van der Waals surface area (Å²) in [5, 5.41) is 0. The van der Waals surface area contributed by atoms with Gasteiger partial charge in [-0.05, 0) is 26.7 Å². The van der Waals surface area contributed by atoms with E-state index in [4.69, 9.17) is 4.74 Å². The highest BCUT2D eigenvalue weighted by atomic mass is 16.6. The molecule has 0 aromatic rings. The maximum atomic E-state index is 11.3. The molecule has 0 bridgehead atoms. The Hall–Kier alpha value is -0.990. The Morgan fingerprint density at radius 3 is 2.83 bits per heavy atom. The lowest BCUT2D eigenvalue weighted by Gasteiger charge is -2.21. The van der Waals surface area contributed by atoms with E-state index in [1.54, 1.807) is 11.1 Å². The SMILES string of the molecule is CC(C)OC(=O)N1C=CCCC1. The third-order valence-electron chi connectivity index (χ3n) is 1.63. The fourth-order valence-corrected chi connectivity index (χ4v) is 1.08. The Bertz CT molecular complexity index is 187. The van der Waals surface area contributed by atoms with Crippen molar-refractivity contribution in [2.45, 2.75) is 32.8 Å². The molecule has 0 unspecified atom stereocenters. The quantitative estimate of drug-likeness (QED) is 0.602. The monoisotopic (exact) mass is 169 g/mol. The van der Waals surface area contributed by atoms with Gasteiger partial charge in [-0.25, -0.2) is 4.79 Å². The van der Waals surface area contributed by atoms with Crippen LogP contribution < -0.4 is 0 Å². The molecule has 1 heterocycles. The highest BCUT2D eigenvalue weighted by Gasteiger charge is 2.14. The summed E-state index contributed by atoms with van der Waals surface area (Å²) < 4.78 is 5.03. The zero-order valence-corrected chi connectivity index (χ0v) is 7.62. The van der Waals surface area contributed by atoms with E-state index in [0.717, 1.165) is 19.4 Å². The lowest BCUT2D eigenvalue weighted by molar-refractivity contribution is 0.0880. The number of rotatable bonds is 1. The molecule has 3 nitrogen and oxygen atoms in total. The topological polar surface area (TPSA) is 29.5 Å². The Balaban J connectivity index is 2.40. The van der Waals surface area contributed by atoms with Crippen LogP contribution in [0.15, 0.2) is 12.3 Å². The summed E-state index contributed by atoms with van der Waals surface area (Å²) in [6, 6.07) is 0. The van der Waals surface area contributed by atoms with Gasteiger partial charge in [-0.2, -0.15) is 0 Å². The van der Waals surface area contributed by atoms with Gasteiger partial charge in [0.2, 0.25) is 0 Å². The normalized spacial score (nSPS) is 16.8. The maximum Gasteiger partial charge on any atom is 0.414 e. The van der Waals surface area contributed by atoms with Crippen molar-refractivity contribution < 1.29 is 9.53 Å². The van der Waals surface area contributed by atoms with Gasteiger partial charge >= 0.3 is 6.09 Å². The van der Waals surface area contributed by atoms with Gasteiger partial charge < -0.3 is 4.74 Å². The number of hydrogen-bond donors (Lipinski definition) is 0. The zero-order valence-electron chi connectivity index (χ0n) is 7.62. The number of carbonyl (C=O) groups is 1. The van der Waals surface area contributed by atoms with Crippen LogP contribution in [0.3, 0.4) is 0 Å². The standard InChI is InChI=1S/C9H15NO2/c1-8(2)12-9(11)10-6-4-3-5-7-10/h4,6,8H,3,5,7H2,1-2H3. The number of hydrogen-bond acceptors (Lipinski definition) is 2. The predicted molar refractivity (Wildman–Crippen MR) is 46.7 cm³/mol. The van der Waals surface area contributed by atoms with Crippen molar-refractivity contribution in [3.63, 3.8) is 0 Å². The minimum Gasteiger partial charge on any atom is -0.446 e. The van der Waals surface area contributed by atoms with E-state index < -0.39 is 0 Å². The molecule has 0 saturated carbocycles. The van der Waals surface area contributed by atoms with Crippen molar-refractivity contribution in [2.24, 2.45) is 0 Å². The van der Waals surface area contributed by atoms with Crippen molar-refractivity contribution in [1.29, 1.82) is 0 Å². The van der Waals surface area contributed by atoms with Crippen molar-refractivity contribution >= 4 is 6.09 Å². The van der Waals surface area contributed by atoms with Gasteiger partial charge in [0.05, 0.1) is 6.10 Å². The minimum atomic E-state index is -0.235. The molecule has 0 atom stereocenters. The lowest BCUT2D eigenvalue weighted by atomic mass is 10.2. The highest BCUT2D eigenvalue weighted by molar-refractivity contribution is 5.69. The molecule has 12 heavy (non-hydrogen) atoms. The smallest absolute Gasteiger partial charge is 0.414 e. The van der Waals surface area contributed by atoms with Crippen LogP contribution in [0.4, 0.5) is 4.79 Å². The largest absolute Gasteiger partial charge is 0.446 e. The van der Waals surface area contributed by atoms with Crippen LogP contribution in [0, 0.1) is 0 Å². The van der Waals surface area contributed by atoms with Crippen LogP contribution in [0.1, 0.15) is 26.7 Å². The maximum absolute atomic E-state index is 11.3. The van der Waals surface area contributed by atoms with Crippen LogP contribution in [0.5, 0.6) is 0 Å². The molecule has 1 amide bonds. The van der Waals surface area contributed by atoms with Gasteiger partial charge in [0.15, 0.2) is 0 Å². The lowest BCUT2D eigenvalue weighted by Crippen LogP contribution is -2.30. The molecule has 0 aromatic heterocycles. The Labute approximate surface area is 73.0 Å². The van der Waals surface area contributed by atoms with E-state index in [0.29, 0.717) is 0 Å². The fourth-order valence-electron chi connectivity index (χ4n) is 1.08. The van der Waals surface area contributed by atoms with E-state index >= 15 is 0 Å². The average molecular weight is 169 g/mol. The third-order valence-corrected chi connectivity index (χ3v) is 1.63. The molecule has 68 valence electrons. The minimum absolute atomic E-state index is 0.0344. The molecule has 0 fully saturated rings. The molecule has 0 N–H and O–H groups in total. The Morgan fingerprint density at radius 2 is 2.33 bits per heavy atom. The fraction of sp³-hybridized carbons (Fsp3) is 0.667. The molecule has 0 radical (unpaired) electrons. The average Bonchev–Trinajstić information content (AvgIpc) is 2.05. The predicted octanol–water partition coefficient (Wildman–Crippen LogP) is 2.14. The molecule has 0 saturated heterocycles. The van der Waals surface area contributed by atoms with Gasteiger partial charge in [-0.1, -0.05) is 6.08 Å². The molecular weight excluding hydrogens is 154 g/mol. The first-order chi connectivity index (χ1) is 5.70. The molecule has 1 aliphatic heterocycles. The number of ether oxygens (including phenoxy) is 1. The van der Waals surface area contributed by atoms with E-state index in [-0.39, 0.29) is 12.2 Å². The van der Waals surface area contributed by atoms with Crippen molar-refractivity contribution in [3.8, 4) is 0 Å². The van der Waals surface area contributed by atoms with Crippen molar-refractivity contribution in [1.82, 2.24) is 4.90 Å². The summed E-state index contributed by atoms with van der Waals surface area (Å²) in [5.41, 5.74) is 0. The molecule has 1 aliphatic rings. The molecule has 3 heteroatoms. The third kappa shape index (κ3) is 2.57. The first kappa shape index (κ1) is 9.10. The van der Waals surface area contributed by atoms with Gasteiger partial charge in [0.25, 0.3) is 0 Å². The zero-order chi connectivity index (χ0) is 8.97. The molecule has 0 aliphatic carbocycles. The summed E-state index contributed by atoms with van der Waals surface area (Å²) >= 11 is 0. The van der Waals surface area contributed by atoms with Crippen molar-refractivity contribution in [2.75, 3.05) is 6.54 Å². The second-order valence-electron chi connectivity index (χ2n) is 3.15. The van der Waals surface area contributed by atoms with Gasteiger partial charge in [0.1, 0.15) is 0 Å². The first-order valence-corrected chi connectivity index (χ1v) is 4.34. The Kier molecular flexibility index (Phi) is 3.14. The summed E-state index contributed by atoms with van der Waals surface area (Å²) in [6.07, 6.45) is 5.61. The van der Waals surface area contributed by atoms with Crippen LogP contribution in [-0.2, 0) is 4.74 Å². The second kappa shape index (κ2) is 4.14.